The minimum atomic E-state index is -0.683. The Balaban J connectivity index is 1.99. The Morgan fingerprint density at radius 2 is 2.00 bits per heavy atom. The number of carboxylic acids is 1. The summed E-state index contributed by atoms with van der Waals surface area (Å²) in [6.45, 7) is 6.61. The number of hydrogen-bond donors (Lipinski definition) is 1. The summed E-state index contributed by atoms with van der Waals surface area (Å²) in [7, 11) is 0. The molecule has 1 aromatic carbocycles. The third kappa shape index (κ3) is 4.57. The zero-order valence-electron chi connectivity index (χ0n) is 13.2. The molecule has 21 heavy (non-hydrogen) atoms. The van der Waals surface area contributed by atoms with Crippen LogP contribution in [0.25, 0.3) is 0 Å². The number of likely N-dealkylation sites (tertiary alicyclic amines) is 1. The van der Waals surface area contributed by atoms with Gasteiger partial charge in [0.2, 0.25) is 0 Å². The molecule has 1 aliphatic rings. The van der Waals surface area contributed by atoms with E-state index in [-0.39, 0.29) is 0 Å². The van der Waals surface area contributed by atoms with Gasteiger partial charge in [-0.2, -0.15) is 0 Å². The number of aryl methyl sites for hydroxylation is 1. The van der Waals surface area contributed by atoms with Crippen LogP contribution in [0.4, 0.5) is 0 Å². The highest BCUT2D eigenvalue weighted by molar-refractivity contribution is 5.66. The second kappa shape index (κ2) is 7.60. The summed E-state index contributed by atoms with van der Waals surface area (Å²) in [6, 6.07) is 9.39. The Bertz CT molecular complexity index is 455. The number of carbonyl (C=O) groups is 1. The maximum atomic E-state index is 10.6. The first-order valence-electron chi connectivity index (χ1n) is 8.10. The summed E-state index contributed by atoms with van der Waals surface area (Å²) < 4.78 is 0. The maximum absolute atomic E-state index is 10.6. The number of piperidine rings is 1. The fraction of sp³-hybridized carbons (Fsp3) is 0.611. The number of hydrogen-bond acceptors (Lipinski definition) is 2. The second-order valence-electron chi connectivity index (χ2n) is 6.36. The molecule has 3 heteroatoms. The van der Waals surface area contributed by atoms with E-state index in [1.54, 1.807) is 0 Å². The van der Waals surface area contributed by atoms with E-state index in [0.29, 0.717) is 18.4 Å². The predicted octanol–water partition coefficient (Wildman–Crippen LogP) is 4.02. The average molecular weight is 289 g/mol. The lowest BCUT2D eigenvalue weighted by atomic mass is 9.85. The molecule has 2 rings (SSSR count). The van der Waals surface area contributed by atoms with E-state index in [4.69, 9.17) is 5.11 Å². The quantitative estimate of drug-likeness (QED) is 0.804. The monoisotopic (exact) mass is 289 g/mol. The molecular weight excluding hydrogens is 262 g/mol. The summed E-state index contributed by atoms with van der Waals surface area (Å²) in [4.78, 5) is 13.2. The predicted molar refractivity (Wildman–Crippen MR) is 85.4 cm³/mol. The summed E-state index contributed by atoms with van der Waals surface area (Å²) in [5.41, 5.74) is 2.71. The van der Waals surface area contributed by atoms with Gasteiger partial charge in [0.25, 0.3) is 0 Å². The highest BCUT2D eigenvalue weighted by atomic mass is 16.4. The van der Waals surface area contributed by atoms with Crippen molar-refractivity contribution in [1.29, 1.82) is 0 Å². The van der Waals surface area contributed by atoms with Gasteiger partial charge in [-0.3, -0.25) is 9.69 Å². The van der Waals surface area contributed by atoms with Crippen molar-refractivity contribution in [2.75, 3.05) is 13.1 Å². The van der Waals surface area contributed by atoms with Crippen LogP contribution in [0.2, 0.25) is 0 Å². The molecule has 2 unspecified atom stereocenters. The van der Waals surface area contributed by atoms with Crippen molar-refractivity contribution in [2.24, 2.45) is 5.92 Å². The van der Waals surface area contributed by atoms with Crippen molar-refractivity contribution in [3.8, 4) is 0 Å². The van der Waals surface area contributed by atoms with Crippen LogP contribution in [0, 0.1) is 12.8 Å². The van der Waals surface area contributed by atoms with E-state index >= 15 is 0 Å². The van der Waals surface area contributed by atoms with Crippen molar-refractivity contribution in [3.05, 3.63) is 35.4 Å². The fourth-order valence-electron chi connectivity index (χ4n) is 3.42. The molecule has 0 amide bonds. The van der Waals surface area contributed by atoms with Crippen LogP contribution in [-0.4, -0.2) is 29.1 Å². The zero-order chi connectivity index (χ0) is 15.2. The number of nitrogens with zero attached hydrogens (tertiary/aromatic N) is 1. The fourth-order valence-corrected chi connectivity index (χ4v) is 3.42. The highest BCUT2D eigenvalue weighted by Gasteiger charge is 2.29. The molecule has 1 saturated heterocycles. The Morgan fingerprint density at radius 1 is 1.29 bits per heavy atom. The first kappa shape index (κ1) is 16.0. The van der Waals surface area contributed by atoms with Crippen molar-refractivity contribution in [1.82, 2.24) is 4.90 Å². The lowest BCUT2D eigenvalue weighted by molar-refractivity contribution is -0.137. The van der Waals surface area contributed by atoms with Crippen LogP contribution in [0.1, 0.15) is 56.2 Å². The van der Waals surface area contributed by atoms with E-state index in [9.17, 15) is 4.79 Å². The van der Waals surface area contributed by atoms with Gasteiger partial charge in [0.05, 0.1) is 0 Å². The molecule has 2 atom stereocenters. The topological polar surface area (TPSA) is 40.5 Å². The second-order valence-corrected chi connectivity index (χ2v) is 6.36. The average Bonchev–Trinajstić information content (AvgIpc) is 2.45. The van der Waals surface area contributed by atoms with Gasteiger partial charge in [-0.05, 0) is 57.2 Å². The number of benzene rings is 1. The largest absolute Gasteiger partial charge is 0.481 e. The molecule has 3 nitrogen and oxygen atoms in total. The van der Waals surface area contributed by atoms with Gasteiger partial charge in [0, 0.05) is 12.5 Å². The number of aliphatic carboxylic acids is 1. The molecule has 1 aliphatic heterocycles. The summed E-state index contributed by atoms with van der Waals surface area (Å²) in [5.74, 6) is -0.0157. The molecule has 0 radical (unpaired) electrons. The van der Waals surface area contributed by atoms with E-state index in [1.807, 2.05) is 0 Å². The molecule has 0 aliphatic carbocycles. The van der Waals surface area contributed by atoms with Crippen LogP contribution >= 0.6 is 0 Å². The van der Waals surface area contributed by atoms with Crippen LogP contribution < -0.4 is 0 Å². The Morgan fingerprint density at radius 3 is 2.67 bits per heavy atom. The number of rotatable bonds is 6. The maximum Gasteiger partial charge on any atom is 0.303 e. The Labute approximate surface area is 128 Å². The van der Waals surface area contributed by atoms with E-state index < -0.39 is 5.97 Å². The Kier molecular flexibility index (Phi) is 5.80. The van der Waals surface area contributed by atoms with Crippen LogP contribution in [-0.2, 0) is 4.79 Å². The van der Waals surface area contributed by atoms with Gasteiger partial charge in [-0.25, -0.2) is 0 Å². The first-order valence-corrected chi connectivity index (χ1v) is 8.10. The number of carboxylic acid groups (broad SMARTS) is 1. The van der Waals surface area contributed by atoms with Crippen molar-refractivity contribution >= 4 is 5.97 Å². The Hall–Kier alpha value is -1.35. The van der Waals surface area contributed by atoms with Gasteiger partial charge < -0.3 is 5.11 Å². The molecule has 0 aromatic heterocycles. The third-order valence-electron chi connectivity index (χ3n) is 4.54. The van der Waals surface area contributed by atoms with Crippen molar-refractivity contribution < 1.29 is 9.90 Å². The molecule has 116 valence electrons. The van der Waals surface area contributed by atoms with E-state index in [1.165, 1.54) is 24.0 Å². The minimum absolute atomic E-state index is 0.290. The molecular formula is C18H27NO2. The normalized spacial score (nSPS) is 23.1. The van der Waals surface area contributed by atoms with Gasteiger partial charge in [-0.1, -0.05) is 36.8 Å². The first-order chi connectivity index (χ1) is 10.1. The number of unbranched alkanes of at least 4 members (excludes halogenated alkanes) is 1. The standard InChI is InChI=1S/C18H27NO2/c1-14-8-10-16(11-9-14)18-15(2)6-5-13-19(18)12-4-3-7-17(20)21/h8-11,15,18H,3-7,12-13H2,1-2H3,(H,20,21). The van der Waals surface area contributed by atoms with Gasteiger partial charge in [0.15, 0.2) is 0 Å². The van der Waals surface area contributed by atoms with Gasteiger partial charge in [-0.15, -0.1) is 0 Å². The van der Waals surface area contributed by atoms with Gasteiger partial charge in [0.1, 0.15) is 0 Å². The van der Waals surface area contributed by atoms with Crippen LogP contribution in [0.15, 0.2) is 24.3 Å². The van der Waals surface area contributed by atoms with Crippen LogP contribution in [0.5, 0.6) is 0 Å². The summed E-state index contributed by atoms with van der Waals surface area (Å²) in [6.07, 6.45) is 4.58. The zero-order valence-corrected chi connectivity index (χ0v) is 13.2. The molecule has 0 spiro atoms. The molecule has 1 heterocycles. The molecule has 1 fully saturated rings. The molecule has 0 saturated carbocycles. The third-order valence-corrected chi connectivity index (χ3v) is 4.54. The van der Waals surface area contributed by atoms with Gasteiger partial charge >= 0.3 is 5.97 Å². The lowest BCUT2D eigenvalue weighted by Crippen LogP contribution is -2.38. The highest BCUT2D eigenvalue weighted by Crippen LogP contribution is 2.35. The van der Waals surface area contributed by atoms with Crippen molar-refractivity contribution in [2.45, 2.75) is 52.0 Å². The molecule has 1 aromatic rings. The van der Waals surface area contributed by atoms with Crippen LogP contribution in [0.3, 0.4) is 0 Å². The molecule has 1 N–H and O–H groups in total. The van der Waals surface area contributed by atoms with E-state index in [2.05, 4.69) is 43.0 Å². The van der Waals surface area contributed by atoms with E-state index in [0.717, 1.165) is 25.9 Å². The smallest absolute Gasteiger partial charge is 0.303 e. The summed E-state index contributed by atoms with van der Waals surface area (Å²) in [5, 5.41) is 8.73. The van der Waals surface area contributed by atoms with Crippen molar-refractivity contribution in [3.63, 3.8) is 0 Å². The minimum Gasteiger partial charge on any atom is -0.481 e. The lowest BCUT2D eigenvalue weighted by Gasteiger charge is -2.40. The molecule has 0 bridgehead atoms. The SMILES string of the molecule is Cc1ccc(C2C(C)CCCN2CCCCC(=O)O)cc1. The summed E-state index contributed by atoms with van der Waals surface area (Å²) >= 11 is 0.